The van der Waals surface area contributed by atoms with Gasteiger partial charge in [-0.05, 0) is 31.5 Å². The van der Waals surface area contributed by atoms with Gasteiger partial charge < -0.3 is 9.88 Å². The lowest BCUT2D eigenvalue weighted by molar-refractivity contribution is 0.419. The van der Waals surface area contributed by atoms with Gasteiger partial charge in [-0.25, -0.2) is 4.98 Å². The predicted octanol–water partition coefficient (Wildman–Crippen LogP) is 3.77. The third-order valence-corrected chi connectivity index (χ3v) is 3.77. The monoisotopic (exact) mass is 273 g/mol. The van der Waals surface area contributed by atoms with Crippen molar-refractivity contribution in [2.24, 2.45) is 0 Å². The number of imidazole rings is 1. The first-order chi connectivity index (χ1) is 9.80. The molecule has 0 aliphatic carbocycles. The van der Waals surface area contributed by atoms with E-state index < -0.39 is 0 Å². The smallest absolute Gasteiger partial charge is 0.109 e. The largest absolute Gasteiger partial charge is 0.326 e. The fourth-order valence-corrected chi connectivity index (χ4v) is 2.77. The van der Waals surface area contributed by atoms with Crippen LogP contribution < -0.4 is 5.32 Å². The maximum atomic E-state index is 4.76. The van der Waals surface area contributed by atoms with Crippen molar-refractivity contribution in [3.8, 4) is 0 Å². The van der Waals surface area contributed by atoms with Crippen LogP contribution in [0, 0.1) is 0 Å². The van der Waals surface area contributed by atoms with Gasteiger partial charge in [-0.2, -0.15) is 0 Å². The molecule has 2 aromatic rings. The molecule has 0 saturated heterocycles. The molecule has 1 heterocycles. The van der Waals surface area contributed by atoms with Gasteiger partial charge in [0.15, 0.2) is 0 Å². The third kappa shape index (κ3) is 3.40. The van der Waals surface area contributed by atoms with E-state index in [0.717, 1.165) is 25.0 Å². The predicted molar refractivity (Wildman–Crippen MR) is 86.1 cm³/mol. The Bertz CT molecular complexity index is 530. The Hall–Kier alpha value is -1.35. The Morgan fingerprint density at radius 1 is 1.15 bits per heavy atom. The summed E-state index contributed by atoms with van der Waals surface area (Å²) < 4.78 is 2.40. The average molecular weight is 273 g/mol. The van der Waals surface area contributed by atoms with Crippen LogP contribution in [-0.4, -0.2) is 22.1 Å². The molecule has 1 N–H and O–H groups in total. The molecule has 0 amide bonds. The van der Waals surface area contributed by atoms with Crippen LogP contribution in [0.15, 0.2) is 24.3 Å². The second kappa shape index (κ2) is 7.44. The first-order valence-electron chi connectivity index (χ1n) is 7.97. The molecule has 0 spiro atoms. The zero-order chi connectivity index (χ0) is 14.4. The van der Waals surface area contributed by atoms with Crippen LogP contribution in [0.1, 0.15) is 45.9 Å². The van der Waals surface area contributed by atoms with Crippen molar-refractivity contribution < 1.29 is 0 Å². The number of rotatable bonds is 8. The molecule has 0 bridgehead atoms. The molecular weight excluding hydrogens is 246 g/mol. The average Bonchev–Trinajstić information content (AvgIpc) is 2.83. The molecule has 1 aromatic carbocycles. The number of fused-ring (bicyclic) bond motifs is 1. The number of hydrogen-bond acceptors (Lipinski definition) is 2. The van der Waals surface area contributed by atoms with E-state index in [1.54, 1.807) is 0 Å². The van der Waals surface area contributed by atoms with Crippen molar-refractivity contribution >= 4 is 11.0 Å². The van der Waals surface area contributed by atoms with Crippen molar-refractivity contribution in [3.63, 3.8) is 0 Å². The van der Waals surface area contributed by atoms with E-state index in [-0.39, 0.29) is 0 Å². The van der Waals surface area contributed by atoms with E-state index in [9.17, 15) is 0 Å². The summed E-state index contributed by atoms with van der Waals surface area (Å²) in [5, 5.41) is 3.68. The molecule has 20 heavy (non-hydrogen) atoms. The van der Waals surface area contributed by atoms with Crippen molar-refractivity contribution in [1.29, 1.82) is 0 Å². The first kappa shape index (κ1) is 15.0. The van der Waals surface area contributed by atoms with Crippen molar-refractivity contribution in [1.82, 2.24) is 14.9 Å². The van der Waals surface area contributed by atoms with E-state index >= 15 is 0 Å². The molecule has 1 unspecified atom stereocenters. The van der Waals surface area contributed by atoms with Gasteiger partial charge in [0.05, 0.1) is 11.0 Å². The normalized spacial score (nSPS) is 12.9. The molecule has 0 saturated carbocycles. The molecule has 2 rings (SSSR count). The highest BCUT2D eigenvalue weighted by atomic mass is 15.1. The van der Waals surface area contributed by atoms with Crippen molar-refractivity contribution in [3.05, 3.63) is 30.1 Å². The topological polar surface area (TPSA) is 29.9 Å². The van der Waals surface area contributed by atoms with Crippen LogP contribution in [0.4, 0.5) is 0 Å². The zero-order valence-electron chi connectivity index (χ0n) is 13.0. The molecule has 0 fully saturated rings. The summed E-state index contributed by atoms with van der Waals surface area (Å²) in [6, 6.07) is 9.01. The lowest BCUT2D eigenvalue weighted by Crippen LogP contribution is -2.34. The van der Waals surface area contributed by atoms with E-state index in [0.29, 0.717) is 6.04 Å². The van der Waals surface area contributed by atoms with Gasteiger partial charge in [0.2, 0.25) is 0 Å². The maximum absolute atomic E-state index is 4.76. The Balaban J connectivity index is 2.25. The van der Waals surface area contributed by atoms with Gasteiger partial charge in [0.25, 0.3) is 0 Å². The second-order valence-corrected chi connectivity index (χ2v) is 5.42. The minimum atomic E-state index is 0.544. The number of nitrogens with zero attached hydrogens (tertiary/aromatic N) is 2. The second-order valence-electron chi connectivity index (χ2n) is 5.42. The molecule has 0 radical (unpaired) electrons. The minimum absolute atomic E-state index is 0.544. The van der Waals surface area contributed by atoms with Crippen LogP contribution in [0.5, 0.6) is 0 Å². The van der Waals surface area contributed by atoms with Crippen molar-refractivity contribution in [2.75, 3.05) is 6.54 Å². The van der Waals surface area contributed by atoms with E-state index in [2.05, 4.69) is 54.9 Å². The standard InChI is InChI=1S/C17H27N3/c1-4-9-14(18-12-5-2)13-20-16-11-8-7-10-15(16)19-17(20)6-3/h7-8,10-11,14,18H,4-6,9,12-13H2,1-3H3. The number of benzene rings is 1. The van der Waals surface area contributed by atoms with Gasteiger partial charge in [-0.15, -0.1) is 0 Å². The third-order valence-electron chi connectivity index (χ3n) is 3.77. The Labute approximate surface area is 122 Å². The van der Waals surface area contributed by atoms with Gasteiger partial charge >= 0.3 is 0 Å². The lowest BCUT2D eigenvalue weighted by Gasteiger charge is -2.20. The van der Waals surface area contributed by atoms with Crippen LogP contribution >= 0.6 is 0 Å². The minimum Gasteiger partial charge on any atom is -0.326 e. The summed E-state index contributed by atoms with van der Waals surface area (Å²) in [5.41, 5.74) is 2.39. The number of aromatic nitrogens is 2. The molecule has 0 aliphatic heterocycles. The molecular formula is C17H27N3. The van der Waals surface area contributed by atoms with Crippen LogP contribution in [0.25, 0.3) is 11.0 Å². The van der Waals surface area contributed by atoms with Gasteiger partial charge in [0, 0.05) is 19.0 Å². The molecule has 3 nitrogen and oxygen atoms in total. The number of para-hydroxylation sites is 2. The SMILES string of the molecule is CCCNC(CCC)Cn1c(CC)nc2ccccc21. The summed E-state index contributed by atoms with van der Waals surface area (Å²) in [6.45, 7) is 8.79. The highest BCUT2D eigenvalue weighted by molar-refractivity contribution is 5.75. The summed E-state index contributed by atoms with van der Waals surface area (Å²) in [5.74, 6) is 1.20. The first-order valence-corrected chi connectivity index (χ1v) is 7.97. The lowest BCUT2D eigenvalue weighted by atomic mass is 10.1. The Morgan fingerprint density at radius 3 is 2.65 bits per heavy atom. The van der Waals surface area contributed by atoms with E-state index in [4.69, 9.17) is 4.98 Å². The quantitative estimate of drug-likeness (QED) is 0.793. The number of nitrogens with one attached hydrogen (secondary N) is 1. The highest BCUT2D eigenvalue weighted by Crippen LogP contribution is 2.17. The molecule has 1 atom stereocenters. The molecule has 110 valence electrons. The number of aryl methyl sites for hydroxylation is 1. The Kier molecular flexibility index (Phi) is 5.60. The van der Waals surface area contributed by atoms with Gasteiger partial charge in [0.1, 0.15) is 5.82 Å². The maximum Gasteiger partial charge on any atom is 0.109 e. The van der Waals surface area contributed by atoms with Crippen LogP contribution in [0.2, 0.25) is 0 Å². The van der Waals surface area contributed by atoms with Crippen molar-refractivity contribution in [2.45, 2.75) is 59.0 Å². The molecule has 1 aromatic heterocycles. The summed E-state index contributed by atoms with van der Waals surface area (Å²) in [7, 11) is 0. The van der Waals surface area contributed by atoms with E-state index in [1.807, 2.05) is 0 Å². The summed E-state index contributed by atoms with van der Waals surface area (Å²) >= 11 is 0. The summed E-state index contributed by atoms with van der Waals surface area (Å²) in [4.78, 5) is 4.76. The molecule has 0 aliphatic rings. The van der Waals surface area contributed by atoms with Crippen LogP contribution in [-0.2, 0) is 13.0 Å². The number of hydrogen-bond donors (Lipinski definition) is 1. The molecule has 3 heteroatoms. The Morgan fingerprint density at radius 2 is 1.95 bits per heavy atom. The fourth-order valence-electron chi connectivity index (χ4n) is 2.77. The van der Waals surface area contributed by atoms with Gasteiger partial charge in [-0.3, -0.25) is 0 Å². The zero-order valence-corrected chi connectivity index (χ0v) is 13.0. The van der Waals surface area contributed by atoms with Crippen LogP contribution in [0.3, 0.4) is 0 Å². The van der Waals surface area contributed by atoms with Gasteiger partial charge in [-0.1, -0.05) is 39.3 Å². The fraction of sp³-hybridized carbons (Fsp3) is 0.588. The summed E-state index contributed by atoms with van der Waals surface area (Å²) in [6.07, 6.45) is 4.61. The van der Waals surface area contributed by atoms with E-state index in [1.165, 1.54) is 30.6 Å². The highest BCUT2D eigenvalue weighted by Gasteiger charge is 2.13.